The first-order chi connectivity index (χ1) is 8.74. The number of fused-ring (bicyclic) bond motifs is 1. The van der Waals surface area contributed by atoms with Crippen LogP contribution in [0, 0.1) is 5.92 Å². The summed E-state index contributed by atoms with van der Waals surface area (Å²) < 4.78 is 11.1. The number of hydrogen-bond acceptors (Lipinski definition) is 4. The molecule has 0 amide bonds. The third-order valence-electron chi connectivity index (χ3n) is 3.83. The van der Waals surface area contributed by atoms with Crippen LogP contribution in [-0.4, -0.2) is 23.7 Å². The molecule has 1 aromatic rings. The first-order valence-corrected chi connectivity index (χ1v) is 6.51. The third-order valence-corrected chi connectivity index (χ3v) is 3.83. The lowest BCUT2D eigenvalue weighted by Gasteiger charge is -2.33. The molecule has 1 aliphatic heterocycles. The molecular formula is C13H17NO4. The lowest BCUT2D eigenvalue weighted by Crippen LogP contribution is -2.37. The fraction of sp³-hybridized carbons (Fsp3) is 0.615. The van der Waals surface area contributed by atoms with Gasteiger partial charge in [-0.05, 0) is 18.8 Å². The van der Waals surface area contributed by atoms with Crippen LogP contribution in [0.4, 0.5) is 5.88 Å². The topological polar surface area (TPSA) is 71.7 Å². The van der Waals surface area contributed by atoms with Crippen LogP contribution in [0.5, 0.6) is 5.75 Å². The van der Waals surface area contributed by atoms with E-state index in [4.69, 9.17) is 14.3 Å². The Morgan fingerprint density at radius 1 is 1.33 bits per heavy atom. The highest BCUT2D eigenvalue weighted by Gasteiger charge is 2.31. The summed E-state index contributed by atoms with van der Waals surface area (Å²) in [4.78, 5) is 10.8. The molecule has 2 heterocycles. The minimum Gasteiger partial charge on any atom is -0.483 e. The fourth-order valence-corrected chi connectivity index (χ4v) is 2.86. The Hall–Kier alpha value is -1.65. The molecule has 0 saturated heterocycles. The molecule has 1 aliphatic carbocycles. The summed E-state index contributed by atoms with van der Waals surface area (Å²) in [5, 5.41) is 12.0. The van der Waals surface area contributed by atoms with Crippen molar-refractivity contribution < 1.29 is 19.1 Å². The number of anilines is 1. The van der Waals surface area contributed by atoms with Crippen molar-refractivity contribution in [2.45, 2.75) is 38.2 Å². The summed E-state index contributed by atoms with van der Waals surface area (Å²) in [6.45, 7) is 0.699. The lowest BCUT2D eigenvalue weighted by molar-refractivity contribution is 0.0663. The van der Waals surface area contributed by atoms with Gasteiger partial charge in [0.05, 0.1) is 6.54 Å². The zero-order chi connectivity index (χ0) is 12.5. The van der Waals surface area contributed by atoms with Crippen LogP contribution < -0.4 is 10.1 Å². The largest absolute Gasteiger partial charge is 0.483 e. The summed E-state index contributed by atoms with van der Waals surface area (Å²) in [6, 6.07) is 1.46. The van der Waals surface area contributed by atoms with E-state index in [0.29, 0.717) is 24.1 Å². The minimum absolute atomic E-state index is 0.0724. The van der Waals surface area contributed by atoms with Crippen molar-refractivity contribution >= 4 is 11.9 Å². The van der Waals surface area contributed by atoms with Gasteiger partial charge in [0.2, 0.25) is 11.6 Å². The van der Waals surface area contributed by atoms with E-state index in [1.54, 1.807) is 0 Å². The van der Waals surface area contributed by atoms with Crippen LogP contribution in [0.25, 0.3) is 0 Å². The van der Waals surface area contributed by atoms with Crippen LogP contribution in [0.1, 0.15) is 42.7 Å². The van der Waals surface area contributed by atoms with E-state index >= 15 is 0 Å². The van der Waals surface area contributed by atoms with Gasteiger partial charge >= 0.3 is 5.97 Å². The van der Waals surface area contributed by atoms with Gasteiger partial charge in [0.1, 0.15) is 6.10 Å². The van der Waals surface area contributed by atoms with Crippen molar-refractivity contribution in [2.24, 2.45) is 5.92 Å². The molecule has 5 nitrogen and oxygen atoms in total. The molecule has 1 atom stereocenters. The average molecular weight is 251 g/mol. The summed E-state index contributed by atoms with van der Waals surface area (Å²) in [6.07, 6.45) is 6.39. The van der Waals surface area contributed by atoms with Gasteiger partial charge < -0.3 is 19.6 Å². The maximum atomic E-state index is 10.8. The number of rotatable bonds is 2. The maximum absolute atomic E-state index is 10.8. The van der Waals surface area contributed by atoms with E-state index in [1.807, 2.05) is 0 Å². The summed E-state index contributed by atoms with van der Waals surface area (Å²) in [5.74, 6) is 0.414. The number of carbonyl (C=O) groups is 1. The molecule has 18 heavy (non-hydrogen) atoms. The molecule has 2 aliphatic rings. The maximum Gasteiger partial charge on any atom is 0.372 e. The van der Waals surface area contributed by atoms with Crippen LogP contribution in [0.2, 0.25) is 0 Å². The van der Waals surface area contributed by atoms with Crippen molar-refractivity contribution in [3.05, 3.63) is 11.8 Å². The highest BCUT2D eigenvalue weighted by Crippen LogP contribution is 2.37. The quantitative estimate of drug-likeness (QED) is 0.845. The van der Waals surface area contributed by atoms with Crippen molar-refractivity contribution in [1.82, 2.24) is 0 Å². The highest BCUT2D eigenvalue weighted by molar-refractivity contribution is 5.86. The van der Waals surface area contributed by atoms with Gasteiger partial charge in [-0.1, -0.05) is 19.3 Å². The Morgan fingerprint density at radius 2 is 2.11 bits per heavy atom. The molecule has 2 N–H and O–H groups in total. The molecule has 0 radical (unpaired) electrons. The Morgan fingerprint density at radius 3 is 2.83 bits per heavy atom. The van der Waals surface area contributed by atoms with Crippen LogP contribution in [0.15, 0.2) is 10.5 Å². The number of nitrogens with one attached hydrogen (secondary N) is 1. The van der Waals surface area contributed by atoms with E-state index in [9.17, 15) is 4.79 Å². The van der Waals surface area contributed by atoms with E-state index in [-0.39, 0.29) is 11.9 Å². The Balaban J connectivity index is 1.73. The Bertz CT molecular complexity index is 448. The smallest absolute Gasteiger partial charge is 0.372 e. The van der Waals surface area contributed by atoms with E-state index in [0.717, 1.165) is 0 Å². The van der Waals surface area contributed by atoms with Crippen molar-refractivity contribution in [1.29, 1.82) is 0 Å². The number of hydrogen-bond donors (Lipinski definition) is 2. The predicted octanol–water partition coefficient (Wildman–Crippen LogP) is 2.73. The summed E-state index contributed by atoms with van der Waals surface area (Å²) in [5.41, 5.74) is 0. The van der Waals surface area contributed by atoms with Crippen molar-refractivity contribution in [2.75, 3.05) is 11.9 Å². The second-order valence-corrected chi connectivity index (χ2v) is 5.04. The molecule has 98 valence electrons. The van der Waals surface area contributed by atoms with E-state index < -0.39 is 5.97 Å². The summed E-state index contributed by atoms with van der Waals surface area (Å²) >= 11 is 0. The van der Waals surface area contributed by atoms with Gasteiger partial charge in [0.15, 0.2) is 5.75 Å². The molecule has 0 spiro atoms. The molecule has 1 fully saturated rings. The molecule has 3 rings (SSSR count). The summed E-state index contributed by atoms with van der Waals surface area (Å²) in [7, 11) is 0. The van der Waals surface area contributed by atoms with Gasteiger partial charge in [0.25, 0.3) is 0 Å². The Kier molecular flexibility index (Phi) is 2.89. The first kappa shape index (κ1) is 11.4. The van der Waals surface area contributed by atoms with Gasteiger partial charge in [0, 0.05) is 6.07 Å². The average Bonchev–Trinajstić information content (AvgIpc) is 2.82. The van der Waals surface area contributed by atoms with Crippen molar-refractivity contribution in [3.8, 4) is 5.75 Å². The predicted molar refractivity (Wildman–Crippen MR) is 65.1 cm³/mol. The fourth-order valence-electron chi connectivity index (χ4n) is 2.86. The van der Waals surface area contributed by atoms with Crippen molar-refractivity contribution in [3.63, 3.8) is 0 Å². The minimum atomic E-state index is -1.07. The number of aromatic carboxylic acids is 1. The molecule has 5 heteroatoms. The number of carboxylic acids is 1. The normalized spacial score (nSPS) is 23.9. The van der Waals surface area contributed by atoms with E-state index in [1.165, 1.54) is 38.2 Å². The third kappa shape index (κ3) is 2.05. The van der Waals surface area contributed by atoms with Crippen LogP contribution >= 0.6 is 0 Å². The van der Waals surface area contributed by atoms with Gasteiger partial charge in [-0.25, -0.2) is 4.79 Å². The van der Waals surface area contributed by atoms with Crippen LogP contribution in [0.3, 0.4) is 0 Å². The SMILES string of the molecule is O=C(O)c1cc2c(o1)NCC(C1CCCCC1)O2. The zero-order valence-corrected chi connectivity index (χ0v) is 10.1. The van der Waals surface area contributed by atoms with Crippen LogP contribution in [-0.2, 0) is 0 Å². The molecule has 1 unspecified atom stereocenters. The second-order valence-electron chi connectivity index (χ2n) is 5.04. The van der Waals surface area contributed by atoms with Gasteiger partial charge in [-0.2, -0.15) is 0 Å². The number of furan rings is 1. The number of carboxylic acid groups (broad SMARTS) is 1. The van der Waals surface area contributed by atoms with E-state index in [2.05, 4.69) is 5.32 Å². The standard InChI is InChI=1S/C13H17NO4/c15-13(16)10-6-9-12(18-10)14-7-11(17-9)8-4-2-1-3-5-8/h6,8,11,14H,1-5,7H2,(H,15,16). The highest BCUT2D eigenvalue weighted by atomic mass is 16.5. The number of ether oxygens (including phenoxy) is 1. The molecular weight excluding hydrogens is 234 g/mol. The van der Waals surface area contributed by atoms with Gasteiger partial charge in [-0.15, -0.1) is 0 Å². The molecule has 0 aromatic carbocycles. The monoisotopic (exact) mass is 251 g/mol. The van der Waals surface area contributed by atoms with Gasteiger partial charge in [-0.3, -0.25) is 0 Å². The first-order valence-electron chi connectivity index (χ1n) is 6.51. The molecule has 1 saturated carbocycles. The lowest BCUT2D eigenvalue weighted by atomic mass is 9.85. The molecule has 0 bridgehead atoms. The Labute approximate surface area is 105 Å². The molecule has 1 aromatic heterocycles. The second kappa shape index (κ2) is 4.55. The zero-order valence-electron chi connectivity index (χ0n) is 10.1.